The molecule has 0 aliphatic heterocycles. The van der Waals surface area contributed by atoms with Crippen LogP contribution in [-0.2, 0) is 9.84 Å². The van der Waals surface area contributed by atoms with Crippen molar-refractivity contribution in [1.29, 1.82) is 0 Å². The molecule has 0 spiro atoms. The molecule has 0 radical (unpaired) electrons. The Bertz CT molecular complexity index is 1390. The molecular formula is C21H17NO5S. The van der Waals surface area contributed by atoms with E-state index in [-0.39, 0.29) is 16.2 Å². The van der Waals surface area contributed by atoms with E-state index >= 15 is 0 Å². The Morgan fingerprint density at radius 2 is 1.61 bits per heavy atom. The zero-order chi connectivity index (χ0) is 20.1. The maximum atomic E-state index is 13.3. The Morgan fingerprint density at radius 3 is 2.36 bits per heavy atom. The molecule has 0 atom stereocenters. The fourth-order valence-electron chi connectivity index (χ4n) is 3.28. The van der Waals surface area contributed by atoms with Crippen LogP contribution in [0.25, 0.3) is 21.7 Å². The average Bonchev–Trinajstić information content (AvgIpc) is 2.66. The normalized spacial score (nSPS) is 11.8. The highest BCUT2D eigenvalue weighted by molar-refractivity contribution is 7.91. The first-order valence-corrected chi connectivity index (χ1v) is 9.98. The molecule has 4 rings (SSSR count). The predicted molar refractivity (Wildman–Crippen MR) is 108 cm³/mol. The van der Waals surface area contributed by atoms with Gasteiger partial charge in [-0.25, -0.2) is 13.2 Å². The van der Waals surface area contributed by atoms with Crippen molar-refractivity contribution >= 4 is 37.3 Å². The first-order chi connectivity index (χ1) is 13.3. The van der Waals surface area contributed by atoms with Crippen molar-refractivity contribution in [2.45, 2.75) is 9.79 Å². The molecule has 7 heteroatoms. The minimum absolute atomic E-state index is 0.0409. The zero-order valence-electron chi connectivity index (χ0n) is 15.2. The number of aromatic hydroxyl groups is 1. The van der Waals surface area contributed by atoms with Gasteiger partial charge < -0.3 is 14.4 Å². The number of nitrogens with zero attached hydrogens (tertiary/aromatic N) is 1. The van der Waals surface area contributed by atoms with Crippen LogP contribution in [0.15, 0.2) is 79.7 Å². The molecule has 6 nitrogen and oxygen atoms in total. The van der Waals surface area contributed by atoms with E-state index in [4.69, 9.17) is 4.42 Å². The quantitative estimate of drug-likeness (QED) is 0.534. The second-order valence-corrected chi connectivity index (χ2v) is 8.53. The standard InChI is InChI=1S/C21H17NO5S/c1-22(2)17-7-3-6-16-15(17)5-4-8-19(16)28(25,26)20-11-13-9-10-14(23)12-18(13)27-21(20)24/h3-12,23H,1-2H3. The van der Waals surface area contributed by atoms with Gasteiger partial charge in [0, 0.05) is 42.0 Å². The van der Waals surface area contributed by atoms with Crippen LogP contribution in [0, 0.1) is 0 Å². The van der Waals surface area contributed by atoms with E-state index in [2.05, 4.69) is 0 Å². The predicted octanol–water partition coefficient (Wildman–Crippen LogP) is 3.55. The average molecular weight is 395 g/mol. The summed E-state index contributed by atoms with van der Waals surface area (Å²) in [4.78, 5) is 13.9. The number of anilines is 1. The lowest BCUT2D eigenvalue weighted by Gasteiger charge is -2.16. The Labute approximate surface area is 161 Å². The lowest BCUT2D eigenvalue weighted by Crippen LogP contribution is -2.15. The number of fused-ring (bicyclic) bond motifs is 2. The summed E-state index contributed by atoms with van der Waals surface area (Å²) in [7, 11) is -0.371. The smallest absolute Gasteiger partial charge is 0.355 e. The summed E-state index contributed by atoms with van der Waals surface area (Å²) < 4.78 is 31.8. The third-order valence-electron chi connectivity index (χ3n) is 4.61. The van der Waals surface area contributed by atoms with E-state index in [0.29, 0.717) is 10.8 Å². The van der Waals surface area contributed by atoms with Gasteiger partial charge in [-0.3, -0.25) is 0 Å². The molecule has 0 fully saturated rings. The molecule has 1 heterocycles. The van der Waals surface area contributed by atoms with Gasteiger partial charge in [0.1, 0.15) is 11.3 Å². The molecule has 0 aliphatic rings. The molecule has 1 N–H and O–H groups in total. The fraction of sp³-hybridized carbons (Fsp3) is 0.0952. The molecule has 0 amide bonds. The highest BCUT2D eigenvalue weighted by atomic mass is 32.2. The molecule has 0 bridgehead atoms. The van der Waals surface area contributed by atoms with E-state index in [1.54, 1.807) is 18.2 Å². The Balaban J connectivity index is 2.01. The molecule has 0 saturated heterocycles. The van der Waals surface area contributed by atoms with Gasteiger partial charge in [-0.05, 0) is 30.3 Å². The van der Waals surface area contributed by atoms with Gasteiger partial charge in [-0.2, -0.15) is 0 Å². The van der Waals surface area contributed by atoms with Crippen molar-refractivity contribution in [1.82, 2.24) is 0 Å². The topological polar surface area (TPSA) is 87.8 Å². The number of sulfone groups is 1. The highest BCUT2D eigenvalue weighted by Gasteiger charge is 2.25. The molecule has 4 aromatic rings. The van der Waals surface area contributed by atoms with Crippen molar-refractivity contribution < 1.29 is 17.9 Å². The van der Waals surface area contributed by atoms with Crippen LogP contribution in [0.3, 0.4) is 0 Å². The molecule has 142 valence electrons. The Kier molecular flexibility index (Phi) is 4.12. The monoisotopic (exact) mass is 395 g/mol. The van der Waals surface area contributed by atoms with Crippen LogP contribution in [0.1, 0.15) is 0 Å². The fourth-order valence-corrected chi connectivity index (χ4v) is 4.78. The first kappa shape index (κ1) is 18.1. The molecule has 0 aliphatic carbocycles. The summed E-state index contributed by atoms with van der Waals surface area (Å²) in [6.45, 7) is 0. The number of hydrogen-bond acceptors (Lipinski definition) is 6. The van der Waals surface area contributed by atoms with Crippen molar-refractivity contribution in [3.8, 4) is 5.75 Å². The van der Waals surface area contributed by atoms with E-state index in [9.17, 15) is 18.3 Å². The zero-order valence-corrected chi connectivity index (χ0v) is 16.0. The van der Waals surface area contributed by atoms with Crippen LogP contribution in [0.2, 0.25) is 0 Å². The molecule has 0 unspecified atom stereocenters. The van der Waals surface area contributed by atoms with E-state index < -0.39 is 20.4 Å². The van der Waals surface area contributed by atoms with E-state index in [1.165, 1.54) is 30.3 Å². The van der Waals surface area contributed by atoms with Crippen LogP contribution >= 0.6 is 0 Å². The van der Waals surface area contributed by atoms with Crippen LogP contribution in [0.4, 0.5) is 5.69 Å². The van der Waals surface area contributed by atoms with Gasteiger partial charge in [0.2, 0.25) is 9.84 Å². The van der Waals surface area contributed by atoms with Gasteiger partial charge in [-0.1, -0.05) is 24.3 Å². The second-order valence-electron chi connectivity index (χ2n) is 6.65. The van der Waals surface area contributed by atoms with Gasteiger partial charge in [0.15, 0.2) is 4.90 Å². The maximum absolute atomic E-state index is 13.3. The highest BCUT2D eigenvalue weighted by Crippen LogP contribution is 2.33. The van der Waals surface area contributed by atoms with Crippen LogP contribution in [0.5, 0.6) is 5.75 Å². The van der Waals surface area contributed by atoms with Crippen LogP contribution in [-0.4, -0.2) is 27.6 Å². The summed E-state index contributed by atoms with van der Waals surface area (Å²) in [6.07, 6.45) is 0. The van der Waals surface area contributed by atoms with Gasteiger partial charge in [0.05, 0.1) is 4.90 Å². The third kappa shape index (κ3) is 2.80. The summed E-state index contributed by atoms with van der Waals surface area (Å²) >= 11 is 0. The van der Waals surface area contributed by atoms with E-state index in [1.807, 2.05) is 31.1 Å². The number of hydrogen-bond donors (Lipinski definition) is 1. The lowest BCUT2D eigenvalue weighted by molar-refractivity contribution is 0.472. The van der Waals surface area contributed by atoms with Gasteiger partial charge in [0.25, 0.3) is 0 Å². The minimum atomic E-state index is -4.13. The Hall–Kier alpha value is -3.32. The van der Waals surface area contributed by atoms with Gasteiger partial charge >= 0.3 is 5.63 Å². The summed E-state index contributed by atoms with van der Waals surface area (Å²) in [6, 6.07) is 15.8. The molecule has 1 aromatic heterocycles. The largest absolute Gasteiger partial charge is 0.508 e. The molecule has 28 heavy (non-hydrogen) atoms. The summed E-state index contributed by atoms with van der Waals surface area (Å²) in [5.41, 5.74) is 0.0196. The molecule has 0 saturated carbocycles. The number of benzene rings is 3. The second kappa shape index (κ2) is 6.38. The minimum Gasteiger partial charge on any atom is -0.508 e. The van der Waals surface area contributed by atoms with Crippen molar-refractivity contribution in [3.63, 3.8) is 0 Å². The molecule has 3 aromatic carbocycles. The first-order valence-electron chi connectivity index (χ1n) is 8.50. The van der Waals surface area contributed by atoms with Gasteiger partial charge in [-0.15, -0.1) is 0 Å². The maximum Gasteiger partial charge on any atom is 0.355 e. The lowest BCUT2D eigenvalue weighted by atomic mass is 10.1. The van der Waals surface area contributed by atoms with Crippen molar-refractivity contribution in [3.05, 3.63) is 71.1 Å². The Morgan fingerprint density at radius 1 is 0.893 bits per heavy atom. The van der Waals surface area contributed by atoms with E-state index in [0.717, 1.165) is 11.1 Å². The van der Waals surface area contributed by atoms with Crippen molar-refractivity contribution in [2.75, 3.05) is 19.0 Å². The number of phenolic OH excluding ortho intramolecular Hbond substituents is 1. The SMILES string of the molecule is CN(C)c1cccc2c(S(=O)(=O)c3cc4ccc(O)cc4oc3=O)cccc12. The number of rotatable bonds is 3. The summed E-state index contributed by atoms with van der Waals surface area (Å²) in [5, 5.41) is 11.2. The third-order valence-corrected chi connectivity index (χ3v) is 6.41. The van der Waals surface area contributed by atoms with Crippen LogP contribution < -0.4 is 10.5 Å². The molecular weight excluding hydrogens is 378 g/mol. The summed E-state index contributed by atoms with van der Waals surface area (Å²) in [5.74, 6) is -0.0727. The number of phenols is 1. The van der Waals surface area contributed by atoms with Crippen molar-refractivity contribution in [2.24, 2.45) is 0 Å².